The fourth-order valence-electron chi connectivity index (χ4n) is 1.92. The molecule has 2 N–H and O–H groups in total. The van der Waals surface area contributed by atoms with Crippen LogP contribution in [-0.4, -0.2) is 40.1 Å². The first-order valence-electron chi connectivity index (χ1n) is 5.22. The lowest BCUT2D eigenvalue weighted by atomic mass is 10.1. The van der Waals surface area contributed by atoms with Crippen LogP contribution in [0, 0.1) is 0 Å². The van der Waals surface area contributed by atoms with Crippen LogP contribution in [0.3, 0.4) is 0 Å². The topological polar surface area (TPSA) is 93.5 Å². The maximum atomic E-state index is 11.6. The van der Waals surface area contributed by atoms with Crippen LogP contribution in [-0.2, 0) is 9.47 Å². The quantitative estimate of drug-likeness (QED) is 0.681. The van der Waals surface area contributed by atoms with E-state index in [0.29, 0.717) is 0 Å². The van der Waals surface area contributed by atoms with Gasteiger partial charge in [-0.25, -0.2) is 4.79 Å². The summed E-state index contributed by atoms with van der Waals surface area (Å²) in [4.78, 5) is 24.7. The minimum absolute atomic E-state index is 0.441. The van der Waals surface area contributed by atoms with Crippen molar-refractivity contribution >= 4 is 0 Å². The molecule has 1 aromatic rings. The summed E-state index contributed by atoms with van der Waals surface area (Å²) in [5, 5.41) is 9.80. The van der Waals surface area contributed by atoms with Gasteiger partial charge in [0.2, 0.25) is 0 Å². The van der Waals surface area contributed by atoms with Gasteiger partial charge in [0.05, 0.1) is 6.10 Å². The Labute approximate surface area is 96.6 Å². The van der Waals surface area contributed by atoms with E-state index in [1.54, 1.807) is 6.92 Å². The van der Waals surface area contributed by atoms with E-state index in [2.05, 4.69) is 4.98 Å². The highest BCUT2D eigenvalue weighted by atomic mass is 16.6. The van der Waals surface area contributed by atoms with Gasteiger partial charge in [-0.15, -0.1) is 0 Å². The largest absolute Gasteiger partial charge is 0.388 e. The number of methoxy groups -OCH3 is 1. The van der Waals surface area contributed by atoms with Crippen molar-refractivity contribution < 1.29 is 14.6 Å². The standard InChI is InChI=1S/C10H14N2O5/c1-5-7(14)8(16-2)9(17-5)12-4-3-6(13)11-10(12)15/h3-5,7-9,14H,1-2H3,(H,11,13,15)/t5-,7?,8?,9-/m1/s1. The minimum atomic E-state index is -0.816. The number of aromatic nitrogens is 2. The van der Waals surface area contributed by atoms with E-state index in [-0.39, 0.29) is 0 Å². The summed E-state index contributed by atoms with van der Waals surface area (Å²) in [5.41, 5.74) is -1.07. The van der Waals surface area contributed by atoms with Crippen LogP contribution in [0.4, 0.5) is 0 Å². The Hall–Kier alpha value is -1.44. The third-order valence-corrected chi connectivity index (χ3v) is 2.85. The van der Waals surface area contributed by atoms with Crippen molar-refractivity contribution in [1.82, 2.24) is 9.55 Å². The van der Waals surface area contributed by atoms with Gasteiger partial charge in [-0.1, -0.05) is 0 Å². The number of nitrogens with one attached hydrogen (secondary N) is 1. The Bertz CT molecular complexity index is 508. The highest BCUT2D eigenvalue weighted by molar-refractivity contribution is 4.92. The molecular weight excluding hydrogens is 228 g/mol. The zero-order valence-electron chi connectivity index (χ0n) is 9.49. The number of aliphatic hydroxyl groups excluding tert-OH is 1. The van der Waals surface area contributed by atoms with E-state index in [1.165, 1.54) is 23.9 Å². The van der Waals surface area contributed by atoms with E-state index in [4.69, 9.17) is 9.47 Å². The number of ether oxygens (including phenoxy) is 2. The van der Waals surface area contributed by atoms with Crippen molar-refractivity contribution in [2.45, 2.75) is 31.5 Å². The maximum absolute atomic E-state index is 11.6. The summed E-state index contributed by atoms with van der Waals surface area (Å²) in [6.07, 6.45) is -1.32. The summed E-state index contributed by atoms with van der Waals surface area (Å²) in [7, 11) is 1.43. The molecule has 0 radical (unpaired) electrons. The van der Waals surface area contributed by atoms with Crippen molar-refractivity contribution in [1.29, 1.82) is 0 Å². The van der Waals surface area contributed by atoms with Crippen LogP contribution in [0.5, 0.6) is 0 Å². The molecular formula is C10H14N2O5. The fraction of sp³-hybridized carbons (Fsp3) is 0.600. The molecule has 7 heteroatoms. The van der Waals surface area contributed by atoms with Crippen LogP contribution in [0.2, 0.25) is 0 Å². The zero-order valence-corrected chi connectivity index (χ0v) is 9.49. The highest BCUT2D eigenvalue weighted by Gasteiger charge is 2.43. The van der Waals surface area contributed by atoms with Crippen molar-refractivity contribution in [3.05, 3.63) is 33.1 Å². The van der Waals surface area contributed by atoms with Gasteiger partial charge in [-0.05, 0) is 6.92 Å². The van der Waals surface area contributed by atoms with Crippen molar-refractivity contribution in [2.75, 3.05) is 7.11 Å². The molecule has 0 spiro atoms. The molecule has 2 heterocycles. The average molecular weight is 242 g/mol. The third kappa shape index (κ3) is 2.04. The van der Waals surface area contributed by atoms with Gasteiger partial charge in [-0.2, -0.15) is 0 Å². The first-order chi connectivity index (χ1) is 8.04. The van der Waals surface area contributed by atoms with E-state index in [9.17, 15) is 14.7 Å². The Kier molecular flexibility index (Phi) is 3.14. The molecule has 1 aromatic heterocycles. The molecule has 0 bridgehead atoms. The number of aromatic amines is 1. The molecule has 2 unspecified atom stereocenters. The second kappa shape index (κ2) is 4.44. The third-order valence-electron chi connectivity index (χ3n) is 2.85. The predicted molar refractivity (Wildman–Crippen MR) is 57.7 cm³/mol. The van der Waals surface area contributed by atoms with Gasteiger partial charge in [-0.3, -0.25) is 14.3 Å². The Morgan fingerprint density at radius 3 is 2.82 bits per heavy atom. The Balaban J connectivity index is 2.40. The molecule has 2 rings (SSSR count). The molecule has 1 fully saturated rings. The predicted octanol–water partition coefficient (Wildman–Crippen LogP) is -1.17. The molecule has 94 valence electrons. The average Bonchev–Trinajstić information content (AvgIpc) is 2.55. The molecule has 1 aliphatic heterocycles. The van der Waals surface area contributed by atoms with Crippen molar-refractivity contribution in [2.24, 2.45) is 0 Å². The summed E-state index contributed by atoms with van der Waals surface area (Å²) < 4.78 is 11.8. The first kappa shape index (κ1) is 12.0. The fourth-order valence-corrected chi connectivity index (χ4v) is 1.92. The molecule has 1 aliphatic rings. The summed E-state index contributed by atoms with van der Waals surface area (Å²) in [5.74, 6) is 0. The van der Waals surface area contributed by atoms with Gasteiger partial charge >= 0.3 is 5.69 Å². The number of hydrogen-bond donors (Lipinski definition) is 2. The highest BCUT2D eigenvalue weighted by Crippen LogP contribution is 2.29. The molecule has 17 heavy (non-hydrogen) atoms. The van der Waals surface area contributed by atoms with Crippen LogP contribution in [0.25, 0.3) is 0 Å². The lowest BCUT2D eigenvalue weighted by Gasteiger charge is -2.20. The van der Waals surface area contributed by atoms with Gasteiger partial charge < -0.3 is 14.6 Å². The number of rotatable bonds is 2. The first-order valence-corrected chi connectivity index (χ1v) is 5.22. The van der Waals surface area contributed by atoms with Gasteiger partial charge in [0.15, 0.2) is 6.23 Å². The summed E-state index contributed by atoms with van der Waals surface area (Å²) >= 11 is 0. The van der Waals surface area contributed by atoms with Gasteiger partial charge in [0.1, 0.15) is 12.2 Å². The molecule has 4 atom stereocenters. The molecule has 7 nitrogen and oxygen atoms in total. The number of H-pyrrole nitrogens is 1. The minimum Gasteiger partial charge on any atom is -0.388 e. The molecule has 0 amide bonds. The normalized spacial score (nSPS) is 32.9. The van der Waals surface area contributed by atoms with Crippen LogP contribution >= 0.6 is 0 Å². The Morgan fingerprint density at radius 2 is 2.24 bits per heavy atom. The smallest absolute Gasteiger partial charge is 0.330 e. The van der Waals surface area contributed by atoms with Gasteiger partial charge in [0, 0.05) is 19.4 Å². The Morgan fingerprint density at radius 1 is 1.53 bits per heavy atom. The lowest BCUT2D eigenvalue weighted by Crippen LogP contribution is -2.38. The summed E-state index contributed by atoms with van der Waals surface area (Å²) in [6, 6.07) is 1.22. The van der Waals surface area contributed by atoms with Crippen LogP contribution in [0.1, 0.15) is 13.2 Å². The van der Waals surface area contributed by atoms with Gasteiger partial charge in [0.25, 0.3) is 5.56 Å². The molecule has 0 saturated carbocycles. The lowest BCUT2D eigenvalue weighted by molar-refractivity contribution is -0.0516. The number of hydrogen-bond acceptors (Lipinski definition) is 5. The van der Waals surface area contributed by atoms with E-state index < -0.39 is 35.8 Å². The van der Waals surface area contributed by atoms with E-state index in [1.807, 2.05) is 0 Å². The van der Waals surface area contributed by atoms with Crippen LogP contribution < -0.4 is 11.2 Å². The number of nitrogens with zero attached hydrogens (tertiary/aromatic N) is 1. The van der Waals surface area contributed by atoms with Crippen LogP contribution in [0.15, 0.2) is 21.9 Å². The second-order valence-electron chi connectivity index (χ2n) is 3.94. The van der Waals surface area contributed by atoms with Crippen molar-refractivity contribution in [3.8, 4) is 0 Å². The molecule has 1 saturated heterocycles. The second-order valence-corrected chi connectivity index (χ2v) is 3.94. The summed E-state index contributed by atoms with van der Waals surface area (Å²) in [6.45, 7) is 1.69. The van der Waals surface area contributed by atoms with Crippen molar-refractivity contribution in [3.63, 3.8) is 0 Å². The monoisotopic (exact) mass is 242 g/mol. The molecule has 0 aromatic carbocycles. The SMILES string of the molecule is COC1C(O)[C@@H](C)O[C@H]1n1ccc(=O)[nH]c1=O. The molecule has 0 aliphatic carbocycles. The maximum Gasteiger partial charge on any atom is 0.330 e. The zero-order chi connectivity index (χ0) is 12.6. The van der Waals surface area contributed by atoms with E-state index in [0.717, 1.165) is 0 Å². The number of aliphatic hydroxyl groups is 1. The van der Waals surface area contributed by atoms with E-state index >= 15 is 0 Å².